The molecule has 0 aliphatic rings. The number of carbonyl (C=O) groups excluding carboxylic acids is 1. The number of hydrogen-bond acceptors (Lipinski definition) is 6. The SMILES string of the molecule is COc1ccccc1N(C)S(=O)(=O)c1ccc(C(=O)NC[C@H](c2ccco2)N(C)C)cc1. The van der Waals surface area contributed by atoms with Crippen LogP contribution in [0.1, 0.15) is 22.2 Å². The average Bonchev–Trinajstić information content (AvgIpc) is 3.32. The van der Waals surface area contributed by atoms with Crippen molar-refractivity contribution in [2.45, 2.75) is 10.9 Å². The Bertz CT molecular complexity index is 1140. The second-order valence-corrected chi connectivity index (χ2v) is 9.34. The van der Waals surface area contributed by atoms with Crippen LogP contribution in [0.15, 0.2) is 76.2 Å². The van der Waals surface area contributed by atoms with E-state index in [1.165, 1.54) is 38.4 Å². The number of nitrogens with zero attached hydrogens (tertiary/aromatic N) is 2. The van der Waals surface area contributed by atoms with Crippen LogP contribution in [-0.4, -0.2) is 54.0 Å². The van der Waals surface area contributed by atoms with Crippen molar-refractivity contribution in [2.24, 2.45) is 0 Å². The second kappa shape index (κ2) is 9.88. The van der Waals surface area contributed by atoms with E-state index in [1.807, 2.05) is 25.1 Å². The summed E-state index contributed by atoms with van der Waals surface area (Å²) < 4.78 is 38.0. The molecule has 0 bridgehead atoms. The molecule has 0 radical (unpaired) electrons. The van der Waals surface area contributed by atoms with E-state index in [0.29, 0.717) is 23.5 Å². The molecule has 32 heavy (non-hydrogen) atoms. The van der Waals surface area contributed by atoms with Gasteiger partial charge in [-0.25, -0.2) is 8.42 Å². The number of anilines is 1. The van der Waals surface area contributed by atoms with Gasteiger partial charge in [-0.1, -0.05) is 12.1 Å². The summed E-state index contributed by atoms with van der Waals surface area (Å²) in [4.78, 5) is 14.6. The van der Waals surface area contributed by atoms with E-state index in [2.05, 4.69) is 5.32 Å². The van der Waals surface area contributed by atoms with E-state index in [9.17, 15) is 13.2 Å². The predicted octanol–water partition coefficient (Wildman–Crippen LogP) is 3.15. The molecule has 0 unspecified atom stereocenters. The number of sulfonamides is 1. The summed E-state index contributed by atoms with van der Waals surface area (Å²) >= 11 is 0. The van der Waals surface area contributed by atoms with E-state index in [1.54, 1.807) is 36.6 Å². The van der Waals surface area contributed by atoms with Crippen LogP contribution in [0.3, 0.4) is 0 Å². The highest BCUT2D eigenvalue weighted by Crippen LogP contribution is 2.30. The Hall–Kier alpha value is -3.30. The molecule has 0 aliphatic heterocycles. The number of methoxy groups -OCH3 is 1. The van der Waals surface area contributed by atoms with Gasteiger partial charge in [-0.05, 0) is 62.6 Å². The number of likely N-dealkylation sites (N-methyl/N-ethyl adjacent to an activating group) is 1. The summed E-state index contributed by atoms with van der Waals surface area (Å²) in [6.45, 7) is 0.343. The third-order valence-corrected chi connectivity index (χ3v) is 6.94. The quantitative estimate of drug-likeness (QED) is 0.531. The van der Waals surface area contributed by atoms with Crippen molar-refractivity contribution in [3.63, 3.8) is 0 Å². The highest BCUT2D eigenvalue weighted by molar-refractivity contribution is 7.92. The summed E-state index contributed by atoms with van der Waals surface area (Å²) in [5.41, 5.74) is 0.783. The number of hydrogen-bond donors (Lipinski definition) is 1. The van der Waals surface area contributed by atoms with Crippen LogP contribution in [0.2, 0.25) is 0 Å². The summed E-state index contributed by atoms with van der Waals surface area (Å²) in [7, 11) is 2.92. The lowest BCUT2D eigenvalue weighted by Gasteiger charge is -2.23. The molecule has 2 aromatic carbocycles. The maximum atomic E-state index is 13.1. The number of para-hydroxylation sites is 2. The molecule has 0 aliphatic carbocycles. The maximum absolute atomic E-state index is 13.1. The molecule has 1 atom stereocenters. The summed E-state index contributed by atoms with van der Waals surface area (Å²) in [6.07, 6.45) is 1.59. The molecule has 1 amide bonds. The number of amides is 1. The fourth-order valence-corrected chi connectivity index (χ4v) is 4.47. The zero-order valence-electron chi connectivity index (χ0n) is 18.5. The number of carbonyl (C=O) groups is 1. The Morgan fingerprint density at radius 1 is 1.03 bits per heavy atom. The van der Waals surface area contributed by atoms with Crippen LogP contribution >= 0.6 is 0 Å². The standard InChI is InChI=1S/C23H27N3O5S/c1-25(2)20(22-10-7-15-31-22)16-24-23(27)17-11-13-18(14-12-17)32(28,29)26(3)19-8-5-6-9-21(19)30-4/h5-15,20H,16H2,1-4H3,(H,24,27)/t20-/m1/s1. The van der Waals surface area contributed by atoms with Crippen molar-refractivity contribution in [2.75, 3.05) is 39.1 Å². The van der Waals surface area contributed by atoms with Crippen LogP contribution in [0.25, 0.3) is 0 Å². The monoisotopic (exact) mass is 457 g/mol. The lowest BCUT2D eigenvalue weighted by atomic mass is 10.2. The highest BCUT2D eigenvalue weighted by atomic mass is 32.2. The Morgan fingerprint density at radius 2 is 1.72 bits per heavy atom. The van der Waals surface area contributed by atoms with E-state index in [0.717, 1.165) is 10.1 Å². The number of benzene rings is 2. The minimum Gasteiger partial charge on any atom is -0.495 e. The summed E-state index contributed by atoms with van der Waals surface area (Å²) in [6, 6.07) is 16.2. The molecule has 9 heteroatoms. The van der Waals surface area contributed by atoms with Crippen molar-refractivity contribution in [1.29, 1.82) is 0 Å². The van der Waals surface area contributed by atoms with E-state index < -0.39 is 10.0 Å². The summed E-state index contributed by atoms with van der Waals surface area (Å²) in [5.74, 6) is 0.892. The molecular weight excluding hydrogens is 430 g/mol. The normalized spacial score (nSPS) is 12.4. The zero-order chi connectivity index (χ0) is 23.3. The van der Waals surface area contributed by atoms with Crippen molar-refractivity contribution in [3.8, 4) is 5.75 Å². The third-order valence-electron chi connectivity index (χ3n) is 5.15. The Morgan fingerprint density at radius 3 is 2.31 bits per heavy atom. The third kappa shape index (κ3) is 4.95. The molecule has 0 saturated heterocycles. The molecule has 3 rings (SSSR count). The minimum atomic E-state index is -3.83. The van der Waals surface area contributed by atoms with Gasteiger partial charge < -0.3 is 14.5 Å². The van der Waals surface area contributed by atoms with E-state index in [4.69, 9.17) is 9.15 Å². The molecular formula is C23H27N3O5S. The van der Waals surface area contributed by atoms with Crippen molar-refractivity contribution >= 4 is 21.6 Å². The van der Waals surface area contributed by atoms with Crippen molar-refractivity contribution < 1.29 is 22.4 Å². The number of ether oxygens (including phenoxy) is 1. The molecule has 0 spiro atoms. The van der Waals surface area contributed by atoms with Crippen LogP contribution in [0.5, 0.6) is 5.75 Å². The van der Waals surface area contributed by atoms with Crippen molar-refractivity contribution in [1.82, 2.24) is 10.2 Å². The molecule has 1 N–H and O–H groups in total. The molecule has 8 nitrogen and oxygen atoms in total. The van der Waals surface area contributed by atoms with Crippen LogP contribution in [0, 0.1) is 0 Å². The van der Waals surface area contributed by atoms with Gasteiger partial charge in [-0.15, -0.1) is 0 Å². The van der Waals surface area contributed by atoms with Gasteiger partial charge in [0.1, 0.15) is 11.5 Å². The lowest BCUT2D eigenvalue weighted by Crippen LogP contribution is -2.34. The van der Waals surface area contributed by atoms with Crippen LogP contribution < -0.4 is 14.4 Å². The predicted molar refractivity (Wildman–Crippen MR) is 122 cm³/mol. The molecule has 170 valence electrons. The Kier molecular flexibility index (Phi) is 7.22. The van der Waals surface area contributed by atoms with Gasteiger partial charge in [0, 0.05) is 19.2 Å². The topological polar surface area (TPSA) is 92.1 Å². The van der Waals surface area contributed by atoms with Gasteiger partial charge in [-0.2, -0.15) is 0 Å². The van der Waals surface area contributed by atoms with E-state index in [-0.39, 0.29) is 16.8 Å². The van der Waals surface area contributed by atoms with Gasteiger partial charge in [0.25, 0.3) is 15.9 Å². The molecule has 3 aromatic rings. The molecule has 0 fully saturated rings. The Balaban J connectivity index is 1.73. The maximum Gasteiger partial charge on any atom is 0.264 e. The van der Waals surface area contributed by atoms with Crippen molar-refractivity contribution in [3.05, 3.63) is 78.3 Å². The zero-order valence-corrected chi connectivity index (χ0v) is 19.3. The van der Waals surface area contributed by atoms with Crippen LogP contribution in [-0.2, 0) is 10.0 Å². The first-order valence-corrected chi connectivity index (χ1v) is 11.4. The first-order valence-electron chi connectivity index (χ1n) is 9.95. The van der Waals surface area contributed by atoms with Crippen LogP contribution in [0.4, 0.5) is 5.69 Å². The summed E-state index contributed by atoms with van der Waals surface area (Å²) in [5, 5.41) is 2.87. The fraction of sp³-hybridized carbons (Fsp3) is 0.261. The second-order valence-electron chi connectivity index (χ2n) is 7.37. The lowest BCUT2D eigenvalue weighted by molar-refractivity contribution is 0.0939. The Labute approximate surface area is 188 Å². The van der Waals surface area contributed by atoms with Gasteiger partial charge in [0.2, 0.25) is 0 Å². The van der Waals surface area contributed by atoms with Gasteiger partial charge in [0.05, 0.1) is 30.0 Å². The van der Waals surface area contributed by atoms with E-state index >= 15 is 0 Å². The first kappa shape index (κ1) is 23.4. The molecule has 0 saturated carbocycles. The average molecular weight is 458 g/mol. The highest BCUT2D eigenvalue weighted by Gasteiger charge is 2.24. The number of nitrogens with one attached hydrogen (secondary N) is 1. The number of furan rings is 1. The molecule has 1 aromatic heterocycles. The minimum absolute atomic E-state index is 0.0733. The van der Waals surface area contributed by atoms with Gasteiger partial charge in [0.15, 0.2) is 0 Å². The van der Waals surface area contributed by atoms with Gasteiger partial charge in [-0.3, -0.25) is 14.0 Å². The first-order chi connectivity index (χ1) is 15.3. The van der Waals surface area contributed by atoms with Gasteiger partial charge >= 0.3 is 0 Å². The fourth-order valence-electron chi connectivity index (χ4n) is 3.27. The number of rotatable bonds is 9. The molecule has 1 heterocycles. The largest absolute Gasteiger partial charge is 0.495 e. The smallest absolute Gasteiger partial charge is 0.264 e.